The first-order valence-corrected chi connectivity index (χ1v) is 13.1. The highest BCUT2D eigenvalue weighted by Crippen LogP contribution is 2.38. The summed E-state index contributed by atoms with van der Waals surface area (Å²) in [4.78, 5) is 27.7. The van der Waals surface area contributed by atoms with E-state index in [1.54, 1.807) is 7.11 Å². The number of rotatable bonds is 14. The SMILES string of the molecule is COCCOCCOCCOCCN(C)Cc1c2c(nc3sc4c(=O)[nH]cnc4c13)CC(C)(C)OC2. The molecular weight excluding hydrogens is 484 g/mol. The van der Waals surface area contributed by atoms with E-state index >= 15 is 0 Å². The summed E-state index contributed by atoms with van der Waals surface area (Å²) < 4.78 is 28.3. The van der Waals surface area contributed by atoms with Crippen LogP contribution in [0.5, 0.6) is 0 Å². The summed E-state index contributed by atoms with van der Waals surface area (Å²) in [5.74, 6) is 0. The van der Waals surface area contributed by atoms with Crippen molar-refractivity contribution in [1.82, 2.24) is 19.9 Å². The average Bonchev–Trinajstić information content (AvgIpc) is 3.21. The van der Waals surface area contributed by atoms with Crippen molar-refractivity contribution in [3.8, 4) is 0 Å². The molecule has 0 saturated carbocycles. The zero-order valence-corrected chi connectivity index (χ0v) is 22.4. The molecule has 1 N–H and O–H groups in total. The summed E-state index contributed by atoms with van der Waals surface area (Å²) in [7, 11) is 3.72. The van der Waals surface area contributed by atoms with Crippen molar-refractivity contribution in [3.05, 3.63) is 33.5 Å². The maximum Gasteiger partial charge on any atom is 0.268 e. The molecule has 0 spiro atoms. The van der Waals surface area contributed by atoms with Crippen LogP contribution in [-0.2, 0) is 43.3 Å². The zero-order chi connectivity index (χ0) is 25.5. The van der Waals surface area contributed by atoms with Crippen LogP contribution < -0.4 is 5.56 Å². The third kappa shape index (κ3) is 6.65. The molecule has 1 aliphatic rings. The van der Waals surface area contributed by atoms with Crippen molar-refractivity contribution in [1.29, 1.82) is 0 Å². The Bertz CT molecular complexity index is 1210. The molecule has 0 fully saturated rings. The van der Waals surface area contributed by atoms with E-state index in [1.807, 2.05) is 0 Å². The van der Waals surface area contributed by atoms with Crippen molar-refractivity contribution < 1.29 is 23.7 Å². The Morgan fingerprint density at radius 3 is 2.53 bits per heavy atom. The first-order chi connectivity index (χ1) is 17.4. The molecule has 0 bridgehead atoms. The molecule has 0 aromatic carbocycles. The van der Waals surface area contributed by atoms with Crippen molar-refractivity contribution in [2.75, 3.05) is 67.0 Å². The van der Waals surface area contributed by atoms with Gasteiger partial charge in [0, 0.05) is 37.6 Å². The average molecular weight is 521 g/mol. The molecule has 198 valence electrons. The molecule has 0 saturated heterocycles. The number of hydrogen-bond acceptors (Lipinski definition) is 10. The Morgan fingerprint density at radius 1 is 1.11 bits per heavy atom. The number of aromatic nitrogens is 3. The fourth-order valence-electron chi connectivity index (χ4n) is 4.24. The Labute approximate surface area is 214 Å². The van der Waals surface area contributed by atoms with Gasteiger partial charge in [0.15, 0.2) is 0 Å². The van der Waals surface area contributed by atoms with Gasteiger partial charge < -0.3 is 28.7 Å². The van der Waals surface area contributed by atoms with Crippen LogP contribution in [0, 0.1) is 0 Å². The summed E-state index contributed by atoms with van der Waals surface area (Å²) in [5.41, 5.74) is 3.60. The van der Waals surface area contributed by atoms with Crippen LogP contribution in [0.4, 0.5) is 0 Å². The van der Waals surface area contributed by atoms with Crippen LogP contribution in [0.1, 0.15) is 30.7 Å². The van der Waals surface area contributed by atoms with E-state index in [1.165, 1.54) is 17.7 Å². The van der Waals surface area contributed by atoms with Crippen molar-refractivity contribution in [3.63, 3.8) is 0 Å². The van der Waals surface area contributed by atoms with E-state index in [0.29, 0.717) is 69.6 Å². The first kappa shape index (κ1) is 27.1. The summed E-state index contributed by atoms with van der Waals surface area (Å²) in [5, 5.41) is 0.956. The van der Waals surface area contributed by atoms with Gasteiger partial charge in [0.1, 0.15) is 9.53 Å². The largest absolute Gasteiger partial charge is 0.382 e. The monoisotopic (exact) mass is 520 g/mol. The lowest BCUT2D eigenvalue weighted by atomic mass is 9.92. The van der Waals surface area contributed by atoms with Gasteiger partial charge in [-0.2, -0.15) is 0 Å². The van der Waals surface area contributed by atoms with Crippen LogP contribution >= 0.6 is 11.3 Å². The molecule has 36 heavy (non-hydrogen) atoms. The van der Waals surface area contributed by atoms with Gasteiger partial charge in [0.25, 0.3) is 5.56 Å². The number of likely N-dealkylation sites (N-methyl/N-ethyl adjacent to an activating group) is 1. The molecule has 10 nitrogen and oxygen atoms in total. The predicted octanol–water partition coefficient (Wildman–Crippen LogP) is 2.51. The summed E-state index contributed by atoms with van der Waals surface area (Å²) in [6.45, 7) is 10.0. The highest BCUT2D eigenvalue weighted by molar-refractivity contribution is 7.25. The number of ether oxygens (including phenoxy) is 5. The number of aromatic amines is 1. The second-order valence-corrected chi connectivity index (χ2v) is 10.5. The fourth-order valence-corrected chi connectivity index (χ4v) is 5.32. The lowest BCUT2D eigenvalue weighted by Crippen LogP contribution is -2.34. The third-order valence-electron chi connectivity index (χ3n) is 6.13. The van der Waals surface area contributed by atoms with Crippen LogP contribution in [0.25, 0.3) is 20.4 Å². The summed E-state index contributed by atoms with van der Waals surface area (Å²) in [6, 6.07) is 0. The zero-order valence-electron chi connectivity index (χ0n) is 21.6. The third-order valence-corrected chi connectivity index (χ3v) is 7.20. The normalized spacial score (nSPS) is 15.2. The molecule has 0 radical (unpaired) electrons. The number of nitrogens with one attached hydrogen (secondary N) is 1. The van der Waals surface area contributed by atoms with Crippen molar-refractivity contribution in [2.45, 2.75) is 39.0 Å². The molecule has 4 heterocycles. The number of methoxy groups -OCH3 is 1. The van der Waals surface area contributed by atoms with Gasteiger partial charge in [-0.05, 0) is 26.5 Å². The Balaban J connectivity index is 1.38. The number of H-pyrrole nitrogens is 1. The van der Waals surface area contributed by atoms with Crippen LogP contribution in [-0.4, -0.2) is 92.4 Å². The Hall–Kier alpha value is -1.99. The standard InChI is InChI=1S/C25H36N4O6S/c1-25(2)13-19-18(15-35-25)17(20-21-22(36-24(20)28-19)23(30)27-16-26-21)14-29(3)5-6-32-9-10-34-12-11-33-8-7-31-4/h16H,5-15H2,1-4H3,(H,26,27,30). The van der Waals surface area contributed by atoms with Gasteiger partial charge in [-0.1, -0.05) is 0 Å². The summed E-state index contributed by atoms with van der Waals surface area (Å²) >= 11 is 1.41. The maximum absolute atomic E-state index is 12.4. The van der Waals surface area contributed by atoms with Gasteiger partial charge in [-0.3, -0.25) is 9.69 Å². The van der Waals surface area contributed by atoms with E-state index in [0.717, 1.165) is 40.0 Å². The number of fused-ring (bicyclic) bond motifs is 4. The number of pyridine rings is 1. The number of hydrogen-bond donors (Lipinski definition) is 1. The van der Waals surface area contributed by atoms with Crippen molar-refractivity contribution in [2.24, 2.45) is 0 Å². The van der Waals surface area contributed by atoms with E-state index in [2.05, 4.69) is 35.8 Å². The molecule has 1 aliphatic heterocycles. The minimum Gasteiger partial charge on any atom is -0.382 e. The molecule has 11 heteroatoms. The first-order valence-electron chi connectivity index (χ1n) is 12.2. The highest BCUT2D eigenvalue weighted by Gasteiger charge is 2.31. The van der Waals surface area contributed by atoms with E-state index in [-0.39, 0.29) is 11.2 Å². The Morgan fingerprint density at radius 2 is 1.81 bits per heavy atom. The molecule has 3 aromatic rings. The number of thiophene rings is 1. The molecule has 0 amide bonds. The fraction of sp³-hybridized carbons (Fsp3) is 0.640. The number of nitrogens with zero attached hydrogens (tertiary/aromatic N) is 3. The lowest BCUT2D eigenvalue weighted by Gasteiger charge is -2.33. The second kappa shape index (κ2) is 12.5. The molecule has 3 aromatic heterocycles. The second-order valence-electron chi connectivity index (χ2n) is 9.50. The van der Waals surface area contributed by atoms with Crippen LogP contribution in [0.3, 0.4) is 0 Å². The van der Waals surface area contributed by atoms with Gasteiger partial charge in [0.2, 0.25) is 0 Å². The molecule has 0 aliphatic carbocycles. The summed E-state index contributed by atoms with van der Waals surface area (Å²) in [6.07, 6.45) is 2.19. The lowest BCUT2D eigenvalue weighted by molar-refractivity contribution is -0.0417. The van der Waals surface area contributed by atoms with Crippen LogP contribution in [0.2, 0.25) is 0 Å². The molecule has 0 unspecified atom stereocenters. The van der Waals surface area contributed by atoms with Crippen LogP contribution in [0.15, 0.2) is 11.1 Å². The van der Waals surface area contributed by atoms with E-state index in [9.17, 15) is 4.79 Å². The van der Waals surface area contributed by atoms with E-state index < -0.39 is 0 Å². The Kier molecular flexibility index (Phi) is 9.40. The van der Waals surface area contributed by atoms with Gasteiger partial charge >= 0.3 is 0 Å². The smallest absolute Gasteiger partial charge is 0.268 e. The molecular formula is C25H36N4O6S. The maximum atomic E-state index is 12.4. The van der Waals surface area contributed by atoms with Gasteiger partial charge in [0.05, 0.1) is 76.0 Å². The highest BCUT2D eigenvalue weighted by atomic mass is 32.1. The molecule has 0 atom stereocenters. The van der Waals surface area contributed by atoms with Crippen molar-refractivity contribution >= 4 is 31.8 Å². The topological polar surface area (TPSA) is 108 Å². The minimum absolute atomic E-state index is 0.131. The quantitative estimate of drug-likeness (QED) is 0.321. The van der Waals surface area contributed by atoms with E-state index in [4.69, 9.17) is 28.7 Å². The molecule has 4 rings (SSSR count). The predicted molar refractivity (Wildman–Crippen MR) is 139 cm³/mol. The van der Waals surface area contributed by atoms with Gasteiger partial charge in [-0.15, -0.1) is 11.3 Å². The van der Waals surface area contributed by atoms with Gasteiger partial charge in [-0.25, -0.2) is 9.97 Å². The minimum atomic E-state index is -0.269.